The predicted octanol–water partition coefficient (Wildman–Crippen LogP) is 2.01. The van der Waals surface area contributed by atoms with Gasteiger partial charge >= 0.3 is 0 Å². The van der Waals surface area contributed by atoms with Gasteiger partial charge in [0.05, 0.1) is 6.61 Å². The van der Waals surface area contributed by atoms with Crippen LogP contribution in [-0.4, -0.2) is 46.7 Å². The second-order valence-corrected chi connectivity index (χ2v) is 6.50. The number of hydrogen-bond donors (Lipinski definition) is 1. The fraction of sp³-hybridized carbons (Fsp3) is 0.643. The molecule has 0 saturated carbocycles. The largest absolute Gasteiger partial charge is 0.392 e. The van der Waals surface area contributed by atoms with E-state index in [0.717, 1.165) is 28.9 Å². The molecule has 2 atom stereocenters. The normalized spacial score (nSPS) is 27.6. The second kappa shape index (κ2) is 5.38. The smallest absolute Gasteiger partial charge is 0.134 e. The van der Waals surface area contributed by atoms with Crippen LogP contribution in [0.4, 0.5) is 5.82 Å². The Balaban J connectivity index is 1.88. The van der Waals surface area contributed by atoms with Gasteiger partial charge in [-0.25, -0.2) is 4.98 Å². The Bertz CT molecular complexity index is 468. The summed E-state index contributed by atoms with van der Waals surface area (Å²) in [6.07, 6.45) is 4.42. The number of piperazine rings is 1. The van der Waals surface area contributed by atoms with Crippen molar-refractivity contribution >= 4 is 21.7 Å². The number of fused-ring (bicyclic) bond motifs is 1. The van der Waals surface area contributed by atoms with E-state index in [-0.39, 0.29) is 6.61 Å². The molecule has 104 valence electrons. The summed E-state index contributed by atoms with van der Waals surface area (Å²) in [6, 6.07) is 3.08. The third-order valence-electron chi connectivity index (χ3n) is 4.29. The molecule has 0 spiro atoms. The quantitative estimate of drug-likeness (QED) is 0.902. The fourth-order valence-electron chi connectivity index (χ4n) is 3.33. The van der Waals surface area contributed by atoms with Crippen LogP contribution < -0.4 is 4.90 Å². The molecule has 0 radical (unpaired) electrons. The van der Waals surface area contributed by atoms with Gasteiger partial charge in [-0.2, -0.15) is 0 Å². The maximum absolute atomic E-state index is 9.55. The number of aliphatic hydroxyl groups is 1. The Morgan fingerprint density at radius 2 is 2.32 bits per heavy atom. The van der Waals surface area contributed by atoms with Crippen LogP contribution >= 0.6 is 15.9 Å². The van der Waals surface area contributed by atoms with Crippen molar-refractivity contribution in [3.63, 3.8) is 0 Å². The van der Waals surface area contributed by atoms with E-state index in [1.807, 2.05) is 12.3 Å². The molecule has 2 unspecified atom stereocenters. The molecule has 3 heterocycles. The van der Waals surface area contributed by atoms with Gasteiger partial charge in [-0.1, -0.05) is 0 Å². The lowest BCUT2D eigenvalue weighted by atomic mass is 10.1. The van der Waals surface area contributed by atoms with E-state index in [1.54, 1.807) is 0 Å². The zero-order valence-electron chi connectivity index (χ0n) is 11.2. The summed E-state index contributed by atoms with van der Waals surface area (Å²) in [4.78, 5) is 9.50. The molecule has 0 aliphatic carbocycles. The summed E-state index contributed by atoms with van der Waals surface area (Å²) in [5, 5.41) is 9.55. The van der Waals surface area contributed by atoms with Gasteiger partial charge in [0, 0.05) is 41.4 Å². The zero-order valence-corrected chi connectivity index (χ0v) is 12.8. The molecular formula is C14H20BrN3O. The summed E-state index contributed by atoms with van der Waals surface area (Å²) < 4.78 is 0.924. The van der Waals surface area contributed by atoms with Gasteiger partial charge in [0.15, 0.2) is 0 Å². The Labute approximate surface area is 122 Å². The highest BCUT2D eigenvalue weighted by atomic mass is 79.9. The van der Waals surface area contributed by atoms with Gasteiger partial charge < -0.3 is 10.0 Å². The number of aliphatic hydroxyl groups excluding tert-OH is 1. The number of pyridine rings is 1. The lowest BCUT2D eigenvalue weighted by molar-refractivity contribution is 0.201. The van der Waals surface area contributed by atoms with E-state index < -0.39 is 0 Å². The lowest BCUT2D eigenvalue weighted by Crippen LogP contribution is -2.55. The first-order valence-corrected chi connectivity index (χ1v) is 7.74. The van der Waals surface area contributed by atoms with Gasteiger partial charge in [0.25, 0.3) is 0 Å². The molecule has 1 aromatic heterocycles. The maximum Gasteiger partial charge on any atom is 0.134 e. The van der Waals surface area contributed by atoms with Crippen molar-refractivity contribution in [1.29, 1.82) is 0 Å². The average molecular weight is 326 g/mol. The number of hydrogen-bond acceptors (Lipinski definition) is 4. The molecule has 1 N–H and O–H groups in total. The summed E-state index contributed by atoms with van der Waals surface area (Å²) in [5.41, 5.74) is 0.910. The van der Waals surface area contributed by atoms with Crippen LogP contribution in [0.2, 0.25) is 0 Å². The van der Waals surface area contributed by atoms with Gasteiger partial charge in [0.2, 0.25) is 0 Å². The first-order valence-electron chi connectivity index (χ1n) is 6.95. The van der Waals surface area contributed by atoms with Gasteiger partial charge in [0.1, 0.15) is 5.82 Å². The molecule has 2 fully saturated rings. The predicted molar refractivity (Wildman–Crippen MR) is 79.3 cm³/mol. The topological polar surface area (TPSA) is 39.6 Å². The van der Waals surface area contributed by atoms with Crippen molar-refractivity contribution in [3.05, 3.63) is 22.3 Å². The molecule has 2 aliphatic heterocycles. The van der Waals surface area contributed by atoms with Crippen LogP contribution in [0.15, 0.2) is 16.7 Å². The monoisotopic (exact) mass is 325 g/mol. The summed E-state index contributed by atoms with van der Waals surface area (Å²) in [6.45, 7) is 5.67. The van der Waals surface area contributed by atoms with Crippen LogP contribution in [0.25, 0.3) is 0 Å². The standard InChI is InChI=1S/C14H20BrN3O/c1-10-7-17-4-2-3-13(17)8-18(10)14-11(9-19)5-12(15)6-16-14/h5-6,10,13,19H,2-4,7-9H2,1H3. The third-order valence-corrected chi connectivity index (χ3v) is 4.72. The van der Waals surface area contributed by atoms with Gasteiger partial charge in [-0.3, -0.25) is 4.90 Å². The fourth-order valence-corrected chi connectivity index (χ4v) is 3.71. The number of aromatic nitrogens is 1. The third kappa shape index (κ3) is 2.51. The molecule has 1 aromatic rings. The van der Waals surface area contributed by atoms with E-state index in [1.165, 1.54) is 19.4 Å². The van der Waals surface area contributed by atoms with Crippen LogP contribution in [0.3, 0.4) is 0 Å². The SMILES string of the molecule is CC1CN2CCCC2CN1c1ncc(Br)cc1CO. The number of halogens is 1. The minimum absolute atomic E-state index is 0.0410. The van der Waals surface area contributed by atoms with Crippen molar-refractivity contribution in [1.82, 2.24) is 9.88 Å². The van der Waals surface area contributed by atoms with E-state index in [0.29, 0.717) is 12.1 Å². The van der Waals surface area contributed by atoms with Crippen LogP contribution in [-0.2, 0) is 6.61 Å². The average Bonchev–Trinajstić information content (AvgIpc) is 2.85. The molecule has 4 nitrogen and oxygen atoms in total. The molecule has 19 heavy (non-hydrogen) atoms. The van der Waals surface area contributed by atoms with Crippen molar-refractivity contribution < 1.29 is 5.11 Å². The van der Waals surface area contributed by atoms with E-state index >= 15 is 0 Å². The Morgan fingerprint density at radius 1 is 1.47 bits per heavy atom. The van der Waals surface area contributed by atoms with Crippen molar-refractivity contribution in [2.45, 2.75) is 38.5 Å². The number of anilines is 1. The Hall–Kier alpha value is -0.650. The van der Waals surface area contributed by atoms with E-state index in [4.69, 9.17) is 0 Å². The Morgan fingerprint density at radius 3 is 3.11 bits per heavy atom. The first-order chi connectivity index (χ1) is 9.19. The van der Waals surface area contributed by atoms with E-state index in [2.05, 4.69) is 37.6 Å². The summed E-state index contributed by atoms with van der Waals surface area (Å²) in [5.74, 6) is 0.949. The summed E-state index contributed by atoms with van der Waals surface area (Å²) >= 11 is 3.42. The molecule has 2 aliphatic rings. The molecule has 5 heteroatoms. The van der Waals surface area contributed by atoms with Gasteiger partial charge in [-0.15, -0.1) is 0 Å². The highest BCUT2D eigenvalue weighted by Crippen LogP contribution is 2.30. The Kier molecular flexibility index (Phi) is 3.78. The van der Waals surface area contributed by atoms with Crippen LogP contribution in [0.5, 0.6) is 0 Å². The second-order valence-electron chi connectivity index (χ2n) is 5.59. The van der Waals surface area contributed by atoms with Gasteiger partial charge in [-0.05, 0) is 48.3 Å². The van der Waals surface area contributed by atoms with Crippen LogP contribution in [0, 0.1) is 0 Å². The zero-order chi connectivity index (χ0) is 13.4. The molecule has 3 rings (SSSR count). The first kappa shape index (κ1) is 13.3. The molecular weight excluding hydrogens is 306 g/mol. The lowest BCUT2D eigenvalue weighted by Gasteiger charge is -2.43. The summed E-state index contributed by atoms with van der Waals surface area (Å²) in [7, 11) is 0. The molecule has 0 bridgehead atoms. The highest BCUT2D eigenvalue weighted by molar-refractivity contribution is 9.10. The molecule has 0 amide bonds. The highest BCUT2D eigenvalue weighted by Gasteiger charge is 2.35. The maximum atomic E-state index is 9.55. The van der Waals surface area contributed by atoms with Crippen molar-refractivity contribution in [2.24, 2.45) is 0 Å². The number of rotatable bonds is 2. The van der Waals surface area contributed by atoms with Crippen LogP contribution in [0.1, 0.15) is 25.3 Å². The number of nitrogens with zero attached hydrogens (tertiary/aromatic N) is 3. The molecule has 0 aromatic carbocycles. The van der Waals surface area contributed by atoms with E-state index in [9.17, 15) is 5.11 Å². The molecule has 2 saturated heterocycles. The van der Waals surface area contributed by atoms with Crippen molar-refractivity contribution in [2.75, 3.05) is 24.5 Å². The minimum Gasteiger partial charge on any atom is -0.392 e. The minimum atomic E-state index is 0.0410. The van der Waals surface area contributed by atoms with Crippen molar-refractivity contribution in [3.8, 4) is 0 Å².